The van der Waals surface area contributed by atoms with Crippen LogP contribution < -0.4 is 4.74 Å². The highest BCUT2D eigenvalue weighted by molar-refractivity contribution is 7.99. The molecular formula is C21H19F3N4O3S. The van der Waals surface area contributed by atoms with Crippen molar-refractivity contribution in [3.63, 3.8) is 0 Å². The van der Waals surface area contributed by atoms with Crippen LogP contribution in [0, 0.1) is 5.92 Å². The van der Waals surface area contributed by atoms with Gasteiger partial charge in [-0.2, -0.15) is 16.9 Å². The topological polar surface area (TPSA) is 90.1 Å². The number of halogens is 3. The van der Waals surface area contributed by atoms with Gasteiger partial charge < -0.3 is 9.84 Å². The Morgan fingerprint density at radius 3 is 2.56 bits per heavy atom. The summed E-state index contributed by atoms with van der Waals surface area (Å²) in [5.41, 5.74) is 1.64. The number of carbonyl (C=O) groups is 1. The van der Waals surface area contributed by atoms with Crippen LogP contribution in [0.15, 0.2) is 42.7 Å². The summed E-state index contributed by atoms with van der Waals surface area (Å²) in [5, 5.41) is 14.2. The molecule has 3 aromatic rings. The Bertz CT molecular complexity index is 1120. The first-order chi connectivity index (χ1) is 15.2. The van der Waals surface area contributed by atoms with Gasteiger partial charge in [-0.1, -0.05) is 0 Å². The summed E-state index contributed by atoms with van der Waals surface area (Å²) in [4.78, 5) is 21.8. The van der Waals surface area contributed by atoms with Gasteiger partial charge in [0.05, 0.1) is 23.6 Å². The molecule has 0 bridgehead atoms. The average Bonchev–Trinajstić information content (AvgIpc) is 3.35. The fourth-order valence-electron chi connectivity index (χ4n) is 3.36. The van der Waals surface area contributed by atoms with Gasteiger partial charge in [0.15, 0.2) is 11.6 Å². The van der Waals surface area contributed by atoms with Crippen molar-refractivity contribution in [2.24, 2.45) is 13.0 Å². The van der Waals surface area contributed by atoms with Crippen molar-refractivity contribution in [3.05, 3.63) is 48.4 Å². The van der Waals surface area contributed by atoms with E-state index in [9.17, 15) is 23.1 Å². The third-order valence-corrected chi connectivity index (χ3v) is 6.21. The number of benzene rings is 1. The van der Waals surface area contributed by atoms with Gasteiger partial charge in [-0.3, -0.25) is 9.48 Å². The monoisotopic (exact) mass is 464 g/mol. The van der Waals surface area contributed by atoms with Gasteiger partial charge in [-0.05, 0) is 36.1 Å². The van der Waals surface area contributed by atoms with E-state index in [-0.39, 0.29) is 35.4 Å². The SMILES string of the molecule is Cn1cc(-c2nc(C(=O)C[C@@H]3CSC[C@@H]3O)cc(-c3ccc(OC(F)(F)F)cc3)n2)cn1. The highest BCUT2D eigenvalue weighted by Crippen LogP contribution is 2.30. The van der Waals surface area contributed by atoms with Crippen molar-refractivity contribution >= 4 is 17.5 Å². The average molecular weight is 464 g/mol. The molecule has 3 heterocycles. The van der Waals surface area contributed by atoms with Crippen molar-refractivity contribution in [3.8, 4) is 28.4 Å². The second kappa shape index (κ2) is 8.91. The van der Waals surface area contributed by atoms with Crippen molar-refractivity contribution in [2.45, 2.75) is 18.9 Å². The van der Waals surface area contributed by atoms with E-state index in [1.54, 1.807) is 35.9 Å². The van der Waals surface area contributed by atoms with Gasteiger partial charge >= 0.3 is 6.36 Å². The minimum Gasteiger partial charge on any atom is -0.406 e. The normalized spacial score (nSPS) is 18.7. The molecular weight excluding hydrogens is 445 g/mol. The quantitative estimate of drug-likeness (QED) is 0.556. The summed E-state index contributed by atoms with van der Waals surface area (Å²) in [7, 11) is 1.73. The molecule has 11 heteroatoms. The lowest BCUT2D eigenvalue weighted by molar-refractivity contribution is -0.274. The minimum absolute atomic E-state index is 0.147. The third kappa shape index (κ3) is 5.28. The number of alkyl halides is 3. The summed E-state index contributed by atoms with van der Waals surface area (Å²) < 4.78 is 42.8. The van der Waals surface area contributed by atoms with Gasteiger partial charge in [0, 0.05) is 36.9 Å². The maximum Gasteiger partial charge on any atom is 0.573 e. The first kappa shape index (κ1) is 22.3. The molecule has 0 amide bonds. The van der Waals surface area contributed by atoms with E-state index in [4.69, 9.17) is 0 Å². The number of ketones is 1. The molecule has 1 aliphatic heterocycles. The summed E-state index contributed by atoms with van der Waals surface area (Å²) >= 11 is 1.60. The second-order valence-corrected chi connectivity index (χ2v) is 8.50. The van der Waals surface area contributed by atoms with Crippen molar-refractivity contribution in [1.82, 2.24) is 19.7 Å². The maximum absolute atomic E-state index is 13.0. The molecule has 0 aliphatic carbocycles. The Balaban J connectivity index is 1.68. The summed E-state index contributed by atoms with van der Waals surface area (Å²) in [6.07, 6.45) is -1.91. The number of carbonyl (C=O) groups excluding carboxylic acids is 1. The van der Waals surface area contributed by atoms with Crippen LogP contribution in [0.4, 0.5) is 13.2 Å². The van der Waals surface area contributed by atoms with Crippen molar-refractivity contribution in [1.29, 1.82) is 0 Å². The van der Waals surface area contributed by atoms with Gasteiger partial charge in [0.25, 0.3) is 0 Å². The van der Waals surface area contributed by atoms with Crippen molar-refractivity contribution in [2.75, 3.05) is 11.5 Å². The molecule has 1 N–H and O–H groups in total. The summed E-state index contributed by atoms with van der Waals surface area (Å²) in [6.45, 7) is 0. The number of aliphatic hydroxyl groups is 1. The van der Waals surface area contributed by atoms with Crippen LogP contribution in [0.2, 0.25) is 0 Å². The molecule has 0 unspecified atom stereocenters. The highest BCUT2D eigenvalue weighted by atomic mass is 32.2. The Hall–Kier alpha value is -2.92. The molecule has 1 aromatic carbocycles. The first-order valence-corrected chi connectivity index (χ1v) is 10.9. The van der Waals surface area contributed by atoms with Crippen molar-refractivity contribution < 1.29 is 27.8 Å². The molecule has 1 fully saturated rings. The molecule has 0 spiro atoms. The largest absolute Gasteiger partial charge is 0.573 e. The van der Waals surface area contributed by atoms with Gasteiger partial charge in [-0.25, -0.2) is 9.97 Å². The maximum atomic E-state index is 13.0. The van der Waals surface area contributed by atoms with E-state index in [0.717, 1.165) is 0 Å². The molecule has 0 saturated carbocycles. The van der Waals surface area contributed by atoms with Crippen LogP contribution in [0.5, 0.6) is 5.75 Å². The van der Waals surface area contributed by atoms with Crippen LogP contribution in [0.1, 0.15) is 16.9 Å². The highest BCUT2D eigenvalue weighted by Gasteiger charge is 2.31. The molecule has 2 aromatic heterocycles. The number of ether oxygens (including phenoxy) is 1. The Morgan fingerprint density at radius 2 is 1.97 bits per heavy atom. The number of aryl methyl sites for hydroxylation is 1. The smallest absolute Gasteiger partial charge is 0.406 e. The molecule has 168 valence electrons. The Labute approximate surface area is 185 Å². The third-order valence-electron chi connectivity index (χ3n) is 4.97. The number of hydrogen-bond acceptors (Lipinski definition) is 7. The van der Waals surface area contributed by atoms with Crippen LogP contribution in [-0.2, 0) is 7.05 Å². The lowest BCUT2D eigenvalue weighted by Gasteiger charge is -2.13. The standard InChI is InChI=1S/C21H19F3N4O3S/c1-28-9-14(8-25-28)20-26-16(12-2-4-15(5-3-12)31-21(22,23)24)7-17(27-20)18(29)6-13-10-32-11-19(13)30/h2-5,7-9,13,19,30H,6,10-11H2,1H3/t13-,19+/m1/s1. The zero-order chi connectivity index (χ0) is 22.9. The zero-order valence-corrected chi connectivity index (χ0v) is 17.7. The van der Waals surface area contributed by atoms with E-state index in [2.05, 4.69) is 19.8 Å². The van der Waals surface area contributed by atoms with Gasteiger partial charge in [0.2, 0.25) is 0 Å². The van der Waals surface area contributed by atoms with E-state index in [0.29, 0.717) is 28.3 Å². The predicted molar refractivity (Wildman–Crippen MR) is 112 cm³/mol. The fraction of sp³-hybridized carbons (Fsp3) is 0.333. The number of Topliss-reactive ketones (excluding diaryl/α,β-unsaturated/α-hetero) is 1. The van der Waals surface area contributed by atoms with Crippen LogP contribution in [0.3, 0.4) is 0 Å². The van der Waals surface area contributed by atoms with Crippen LogP contribution >= 0.6 is 11.8 Å². The number of hydrogen-bond donors (Lipinski definition) is 1. The van der Waals surface area contributed by atoms with E-state index >= 15 is 0 Å². The number of thioether (sulfide) groups is 1. The van der Waals surface area contributed by atoms with E-state index in [1.807, 2.05) is 0 Å². The predicted octanol–water partition coefficient (Wildman–Crippen LogP) is 3.74. The summed E-state index contributed by atoms with van der Waals surface area (Å²) in [6, 6.07) is 6.74. The molecule has 32 heavy (non-hydrogen) atoms. The molecule has 1 aliphatic rings. The molecule has 0 radical (unpaired) electrons. The lowest BCUT2D eigenvalue weighted by atomic mass is 9.97. The number of aliphatic hydroxyl groups excluding tert-OH is 1. The number of nitrogens with zero attached hydrogens (tertiary/aromatic N) is 4. The molecule has 1 saturated heterocycles. The van der Waals surface area contributed by atoms with Crippen LogP contribution in [0.25, 0.3) is 22.6 Å². The zero-order valence-electron chi connectivity index (χ0n) is 16.9. The molecule has 4 rings (SSSR count). The number of rotatable bonds is 6. The minimum atomic E-state index is -4.79. The first-order valence-electron chi connectivity index (χ1n) is 9.71. The van der Waals surface area contributed by atoms with E-state index in [1.165, 1.54) is 30.3 Å². The van der Waals surface area contributed by atoms with Gasteiger partial charge in [0.1, 0.15) is 11.4 Å². The van der Waals surface area contributed by atoms with E-state index < -0.39 is 12.5 Å². The Morgan fingerprint density at radius 1 is 1.22 bits per heavy atom. The molecule has 2 atom stereocenters. The lowest BCUT2D eigenvalue weighted by Crippen LogP contribution is -2.21. The second-order valence-electron chi connectivity index (χ2n) is 7.43. The Kier molecular flexibility index (Phi) is 6.20. The molecule has 7 nitrogen and oxygen atoms in total. The van der Waals surface area contributed by atoms with Gasteiger partial charge in [-0.15, -0.1) is 13.2 Å². The number of aromatic nitrogens is 4. The summed E-state index contributed by atoms with van der Waals surface area (Å²) in [5.74, 6) is 0.831. The fourth-order valence-corrected chi connectivity index (χ4v) is 4.65. The van der Waals surface area contributed by atoms with Crippen LogP contribution in [-0.4, -0.2) is 54.6 Å².